The molecule has 0 aliphatic rings. The minimum Gasteiger partial charge on any atom is -0.326 e. The highest BCUT2D eigenvalue weighted by molar-refractivity contribution is 7.09. The van der Waals surface area contributed by atoms with Crippen molar-refractivity contribution in [2.75, 3.05) is 5.32 Å². The highest BCUT2D eigenvalue weighted by Crippen LogP contribution is 2.14. The van der Waals surface area contributed by atoms with E-state index in [1.165, 1.54) is 0 Å². The lowest BCUT2D eigenvalue weighted by atomic mass is 10.1. The Labute approximate surface area is 111 Å². The van der Waals surface area contributed by atoms with Crippen molar-refractivity contribution in [1.29, 1.82) is 0 Å². The molecule has 0 aliphatic heterocycles. The molecule has 1 aromatic carbocycles. The van der Waals surface area contributed by atoms with Crippen LogP contribution in [0.25, 0.3) is 0 Å². The molecule has 3 nitrogen and oxygen atoms in total. The van der Waals surface area contributed by atoms with Gasteiger partial charge in [0.25, 0.3) is 0 Å². The van der Waals surface area contributed by atoms with Gasteiger partial charge in [-0.1, -0.05) is 6.07 Å². The zero-order chi connectivity index (χ0) is 13.0. The van der Waals surface area contributed by atoms with Crippen LogP contribution in [-0.2, 0) is 11.2 Å². The number of benzene rings is 1. The zero-order valence-electron chi connectivity index (χ0n) is 10.6. The Morgan fingerprint density at radius 3 is 2.61 bits per heavy atom. The molecule has 0 saturated heterocycles. The molecule has 1 aromatic heterocycles. The maximum Gasteiger partial charge on any atom is 0.224 e. The maximum atomic E-state index is 11.8. The Morgan fingerprint density at radius 2 is 2.00 bits per heavy atom. The number of amides is 1. The van der Waals surface area contributed by atoms with Crippen LogP contribution < -0.4 is 5.32 Å². The van der Waals surface area contributed by atoms with Gasteiger partial charge in [0.15, 0.2) is 0 Å². The molecule has 0 saturated carbocycles. The van der Waals surface area contributed by atoms with Gasteiger partial charge in [-0.3, -0.25) is 4.79 Å². The van der Waals surface area contributed by atoms with Gasteiger partial charge in [-0.15, -0.1) is 11.3 Å². The van der Waals surface area contributed by atoms with Crippen molar-refractivity contribution >= 4 is 22.9 Å². The monoisotopic (exact) mass is 260 g/mol. The predicted octanol–water partition coefficient (Wildman–Crippen LogP) is 3.33. The van der Waals surface area contributed by atoms with Crippen LogP contribution in [0.1, 0.15) is 22.6 Å². The van der Waals surface area contributed by atoms with E-state index in [-0.39, 0.29) is 5.91 Å². The van der Waals surface area contributed by atoms with Gasteiger partial charge in [0, 0.05) is 30.1 Å². The van der Waals surface area contributed by atoms with E-state index in [0.29, 0.717) is 12.8 Å². The number of rotatable bonds is 4. The van der Waals surface area contributed by atoms with Gasteiger partial charge < -0.3 is 5.32 Å². The van der Waals surface area contributed by atoms with Crippen molar-refractivity contribution < 1.29 is 4.79 Å². The quantitative estimate of drug-likeness (QED) is 0.916. The topological polar surface area (TPSA) is 42.0 Å². The summed E-state index contributed by atoms with van der Waals surface area (Å²) in [7, 11) is 0. The minimum atomic E-state index is 0.0372. The van der Waals surface area contributed by atoms with E-state index in [9.17, 15) is 4.79 Å². The van der Waals surface area contributed by atoms with Crippen LogP contribution >= 0.6 is 11.3 Å². The van der Waals surface area contributed by atoms with Gasteiger partial charge in [-0.25, -0.2) is 4.98 Å². The standard InChI is InChI=1S/C14H16N2OS/c1-10-7-11(2)9-12(8-10)16-13(17)3-4-14-15-5-6-18-14/h5-9H,3-4H2,1-2H3,(H,16,17). The summed E-state index contributed by atoms with van der Waals surface area (Å²) in [6.45, 7) is 4.05. The molecular formula is C14H16N2OS. The van der Waals surface area contributed by atoms with Gasteiger partial charge in [-0.2, -0.15) is 0 Å². The number of nitrogens with zero attached hydrogens (tertiary/aromatic N) is 1. The largest absolute Gasteiger partial charge is 0.326 e. The van der Waals surface area contributed by atoms with Gasteiger partial charge in [-0.05, 0) is 37.1 Å². The van der Waals surface area contributed by atoms with E-state index in [0.717, 1.165) is 21.8 Å². The Balaban J connectivity index is 1.90. The summed E-state index contributed by atoms with van der Waals surface area (Å²) in [5.74, 6) is 0.0372. The average molecular weight is 260 g/mol. The fourth-order valence-corrected chi connectivity index (χ4v) is 2.49. The van der Waals surface area contributed by atoms with E-state index < -0.39 is 0 Å². The van der Waals surface area contributed by atoms with E-state index in [1.807, 2.05) is 31.4 Å². The third-order valence-electron chi connectivity index (χ3n) is 2.55. The molecule has 1 amide bonds. The molecule has 0 radical (unpaired) electrons. The van der Waals surface area contributed by atoms with Crippen LogP contribution in [-0.4, -0.2) is 10.9 Å². The van der Waals surface area contributed by atoms with Crippen molar-refractivity contribution in [3.05, 3.63) is 45.9 Å². The fraction of sp³-hybridized carbons (Fsp3) is 0.286. The smallest absolute Gasteiger partial charge is 0.224 e. The van der Waals surface area contributed by atoms with E-state index in [2.05, 4.69) is 16.4 Å². The van der Waals surface area contributed by atoms with Gasteiger partial charge in [0.1, 0.15) is 0 Å². The summed E-state index contributed by atoms with van der Waals surface area (Å²) in [5, 5.41) is 5.86. The molecule has 1 heterocycles. The first-order chi connectivity index (χ1) is 8.63. The number of carbonyl (C=O) groups is 1. The molecular weight excluding hydrogens is 244 g/mol. The number of aromatic nitrogens is 1. The van der Waals surface area contributed by atoms with Gasteiger partial charge in [0.05, 0.1) is 5.01 Å². The lowest BCUT2D eigenvalue weighted by molar-refractivity contribution is -0.116. The molecule has 0 fully saturated rings. The number of carbonyl (C=O) groups excluding carboxylic acids is 1. The summed E-state index contributed by atoms with van der Waals surface area (Å²) in [5.41, 5.74) is 3.19. The highest BCUT2D eigenvalue weighted by Gasteiger charge is 2.05. The van der Waals surface area contributed by atoms with Crippen LogP contribution in [0, 0.1) is 13.8 Å². The summed E-state index contributed by atoms with van der Waals surface area (Å²) >= 11 is 1.58. The molecule has 1 N–H and O–H groups in total. The number of thiazole rings is 1. The van der Waals surface area contributed by atoms with E-state index in [1.54, 1.807) is 17.5 Å². The molecule has 18 heavy (non-hydrogen) atoms. The SMILES string of the molecule is Cc1cc(C)cc(NC(=O)CCc2nccs2)c1. The molecule has 2 aromatic rings. The van der Waals surface area contributed by atoms with Crippen LogP contribution in [0.2, 0.25) is 0 Å². The van der Waals surface area contributed by atoms with Crippen LogP contribution in [0.3, 0.4) is 0 Å². The highest BCUT2D eigenvalue weighted by atomic mass is 32.1. The molecule has 2 rings (SSSR count). The Bertz CT molecular complexity index is 514. The third-order valence-corrected chi connectivity index (χ3v) is 3.39. The molecule has 0 aliphatic carbocycles. The molecule has 0 unspecified atom stereocenters. The van der Waals surface area contributed by atoms with Gasteiger partial charge >= 0.3 is 0 Å². The summed E-state index contributed by atoms with van der Waals surface area (Å²) in [4.78, 5) is 16.0. The molecule has 0 spiro atoms. The number of hydrogen-bond acceptors (Lipinski definition) is 3. The second-order valence-electron chi connectivity index (χ2n) is 4.35. The second-order valence-corrected chi connectivity index (χ2v) is 5.33. The number of anilines is 1. The second kappa shape index (κ2) is 5.78. The Morgan fingerprint density at radius 1 is 1.28 bits per heavy atom. The molecule has 0 bridgehead atoms. The van der Waals surface area contributed by atoms with Crippen molar-refractivity contribution in [2.45, 2.75) is 26.7 Å². The number of hydrogen-bond donors (Lipinski definition) is 1. The third kappa shape index (κ3) is 3.67. The molecule has 0 atom stereocenters. The lowest BCUT2D eigenvalue weighted by Crippen LogP contribution is -2.12. The average Bonchev–Trinajstić information content (AvgIpc) is 2.77. The van der Waals surface area contributed by atoms with Crippen LogP contribution in [0.5, 0.6) is 0 Å². The van der Waals surface area contributed by atoms with Crippen LogP contribution in [0.4, 0.5) is 5.69 Å². The van der Waals surface area contributed by atoms with Crippen molar-refractivity contribution in [3.63, 3.8) is 0 Å². The number of aryl methyl sites for hydroxylation is 3. The van der Waals surface area contributed by atoms with E-state index >= 15 is 0 Å². The number of nitrogens with one attached hydrogen (secondary N) is 1. The maximum absolute atomic E-state index is 11.8. The van der Waals surface area contributed by atoms with Crippen molar-refractivity contribution in [1.82, 2.24) is 4.98 Å². The lowest BCUT2D eigenvalue weighted by Gasteiger charge is -2.07. The van der Waals surface area contributed by atoms with Crippen LogP contribution in [0.15, 0.2) is 29.8 Å². The zero-order valence-corrected chi connectivity index (χ0v) is 11.4. The summed E-state index contributed by atoms with van der Waals surface area (Å²) in [6.07, 6.45) is 2.94. The van der Waals surface area contributed by atoms with Crippen molar-refractivity contribution in [2.24, 2.45) is 0 Å². The predicted molar refractivity (Wildman–Crippen MR) is 75.0 cm³/mol. The summed E-state index contributed by atoms with van der Waals surface area (Å²) < 4.78 is 0. The normalized spacial score (nSPS) is 10.3. The van der Waals surface area contributed by atoms with E-state index in [4.69, 9.17) is 0 Å². The first kappa shape index (κ1) is 12.8. The first-order valence-corrected chi connectivity index (χ1v) is 6.78. The Hall–Kier alpha value is -1.68. The first-order valence-electron chi connectivity index (χ1n) is 5.90. The van der Waals surface area contributed by atoms with Gasteiger partial charge in [0.2, 0.25) is 5.91 Å². The molecule has 94 valence electrons. The minimum absolute atomic E-state index is 0.0372. The van der Waals surface area contributed by atoms with Crippen molar-refractivity contribution in [3.8, 4) is 0 Å². The summed E-state index contributed by atoms with van der Waals surface area (Å²) in [6, 6.07) is 6.05. The Kier molecular flexibility index (Phi) is 4.10. The molecule has 4 heteroatoms. The fourth-order valence-electron chi connectivity index (χ4n) is 1.87.